The van der Waals surface area contributed by atoms with Crippen LogP contribution in [-0.2, 0) is 18.3 Å². The van der Waals surface area contributed by atoms with Crippen molar-refractivity contribution in [3.05, 3.63) is 52.8 Å². The fraction of sp³-hybridized carbons (Fsp3) is 0.471. The summed E-state index contributed by atoms with van der Waals surface area (Å²) in [5, 5.41) is 21.1. The van der Waals surface area contributed by atoms with Gasteiger partial charge in [-0.3, -0.25) is 23.7 Å². The molecule has 4 heterocycles. The zero-order valence-corrected chi connectivity index (χ0v) is 16.8. The molecule has 2 fully saturated rings. The zero-order valence-electron chi connectivity index (χ0n) is 15.9. The molecule has 2 aromatic heterocycles. The molecule has 2 aromatic rings. The molecule has 14 heteroatoms. The van der Waals surface area contributed by atoms with Crippen LogP contribution in [0.2, 0.25) is 0 Å². The van der Waals surface area contributed by atoms with Gasteiger partial charge >= 0.3 is 19.4 Å². The van der Waals surface area contributed by atoms with Gasteiger partial charge in [0.05, 0.1) is 19.3 Å². The average molecular weight is 460 g/mol. The summed E-state index contributed by atoms with van der Waals surface area (Å²) in [5.74, 6) is -4.06. The predicted molar refractivity (Wildman–Crippen MR) is 100 cm³/mol. The molecule has 168 valence electrons. The Morgan fingerprint density at radius 1 is 1.32 bits per heavy atom. The van der Waals surface area contributed by atoms with Crippen LogP contribution in [0.15, 0.2) is 41.6 Å². The van der Waals surface area contributed by atoms with E-state index in [0.717, 1.165) is 17.8 Å². The summed E-state index contributed by atoms with van der Waals surface area (Å²) in [6.07, 6.45) is -2.06. The van der Waals surface area contributed by atoms with Crippen molar-refractivity contribution in [2.45, 2.75) is 36.9 Å². The molecule has 3 N–H and O–H groups in total. The molecule has 2 saturated heterocycles. The Kier molecular flexibility index (Phi) is 5.90. The largest absolute Gasteiger partial charge is 0.434 e. The van der Waals surface area contributed by atoms with Crippen LogP contribution in [-0.4, -0.2) is 56.1 Å². The van der Waals surface area contributed by atoms with Crippen molar-refractivity contribution in [2.24, 2.45) is 0 Å². The molecule has 4 rings (SSSR count). The molecule has 31 heavy (non-hydrogen) atoms. The van der Waals surface area contributed by atoms with Gasteiger partial charge in [-0.05, 0) is 23.8 Å². The quantitative estimate of drug-likeness (QED) is 0.557. The lowest BCUT2D eigenvalue weighted by molar-refractivity contribution is -0.140. The third-order valence-corrected chi connectivity index (χ3v) is 6.44. The maximum atomic E-state index is 14.3. The van der Waals surface area contributed by atoms with E-state index in [2.05, 4.69) is 15.1 Å². The van der Waals surface area contributed by atoms with E-state index in [0.29, 0.717) is 11.0 Å². The summed E-state index contributed by atoms with van der Waals surface area (Å²) in [6, 6.07) is 4.52. The molecular formula is C17H19F2N4O7P. The molecule has 0 spiro atoms. The number of hydrogen-bond donors (Lipinski definition) is 3. The summed E-state index contributed by atoms with van der Waals surface area (Å²) in [7, 11) is -3.90. The number of halogens is 2. The second-order valence-corrected chi connectivity index (χ2v) is 8.62. The van der Waals surface area contributed by atoms with Crippen molar-refractivity contribution in [1.29, 1.82) is 0 Å². The number of alkyl halides is 2. The van der Waals surface area contributed by atoms with E-state index in [4.69, 9.17) is 18.9 Å². The smallest absolute Gasteiger partial charge is 0.394 e. The van der Waals surface area contributed by atoms with Gasteiger partial charge < -0.3 is 14.9 Å². The number of rotatable bonds is 5. The SMILES string of the molecule is O=c1nc(NP2(=O)OCCC(c3ccncc3)O2)ccn1[C@@H]1O[C@H](CO)C(O)C1(F)F. The molecule has 5 atom stereocenters. The third kappa shape index (κ3) is 4.25. The lowest BCUT2D eigenvalue weighted by atomic mass is 10.1. The number of anilines is 1. The summed E-state index contributed by atoms with van der Waals surface area (Å²) >= 11 is 0. The third-order valence-electron chi connectivity index (χ3n) is 4.88. The van der Waals surface area contributed by atoms with E-state index in [1.807, 2.05) is 0 Å². The number of aromatic nitrogens is 3. The van der Waals surface area contributed by atoms with E-state index in [1.54, 1.807) is 24.5 Å². The standard InChI is InChI=1S/C17H19F2N4O7P/c18-17(19)14(25)12(9-24)29-15(17)23-7-3-13(21-16(23)26)22-31(27)28-8-4-11(30-31)10-1-5-20-6-2-10/h1-3,5-7,11-12,14-15,24-25H,4,8-9H2,(H,21,22,26,27)/t11?,12-,14?,15-,31?/m1/s1. The van der Waals surface area contributed by atoms with Gasteiger partial charge in [0.1, 0.15) is 11.9 Å². The first-order valence-electron chi connectivity index (χ1n) is 9.26. The van der Waals surface area contributed by atoms with E-state index in [-0.39, 0.29) is 12.4 Å². The Labute approximate surface area is 174 Å². The Morgan fingerprint density at radius 2 is 2.06 bits per heavy atom. The number of nitrogens with zero attached hydrogens (tertiary/aromatic N) is 3. The Balaban J connectivity index is 1.52. The highest BCUT2D eigenvalue weighted by Crippen LogP contribution is 2.55. The topological polar surface area (TPSA) is 145 Å². The number of ether oxygens (including phenoxy) is 1. The van der Waals surface area contributed by atoms with E-state index < -0.39 is 50.5 Å². The van der Waals surface area contributed by atoms with Gasteiger partial charge in [0, 0.05) is 25.0 Å². The molecule has 0 radical (unpaired) electrons. The van der Waals surface area contributed by atoms with Gasteiger partial charge in [0.15, 0.2) is 6.10 Å². The molecule has 11 nitrogen and oxygen atoms in total. The minimum Gasteiger partial charge on any atom is -0.394 e. The molecule has 0 saturated carbocycles. The number of nitrogens with one attached hydrogen (secondary N) is 1. The van der Waals surface area contributed by atoms with Crippen molar-refractivity contribution < 1.29 is 37.3 Å². The predicted octanol–water partition coefficient (Wildman–Crippen LogP) is 1.22. The number of pyridine rings is 1. The summed E-state index contributed by atoms with van der Waals surface area (Å²) < 4.78 is 57.6. The van der Waals surface area contributed by atoms with Crippen LogP contribution >= 0.6 is 7.75 Å². The maximum absolute atomic E-state index is 14.3. The van der Waals surface area contributed by atoms with E-state index in [9.17, 15) is 23.2 Å². The van der Waals surface area contributed by atoms with Crippen LogP contribution in [0.4, 0.5) is 14.6 Å². The molecule has 0 aromatic carbocycles. The lowest BCUT2D eigenvalue weighted by Gasteiger charge is -2.30. The van der Waals surface area contributed by atoms with E-state index in [1.165, 1.54) is 0 Å². The first-order valence-corrected chi connectivity index (χ1v) is 10.8. The molecule has 3 unspecified atom stereocenters. The zero-order chi connectivity index (χ0) is 22.2. The van der Waals surface area contributed by atoms with Crippen molar-refractivity contribution in [1.82, 2.24) is 14.5 Å². The lowest BCUT2D eigenvalue weighted by Crippen LogP contribution is -2.41. The molecular weight excluding hydrogens is 441 g/mol. The first kappa shape index (κ1) is 21.9. The summed E-state index contributed by atoms with van der Waals surface area (Å²) in [4.78, 5) is 19.8. The van der Waals surface area contributed by atoms with Crippen LogP contribution in [0.25, 0.3) is 0 Å². The van der Waals surface area contributed by atoms with Gasteiger partial charge in [-0.1, -0.05) is 0 Å². The van der Waals surface area contributed by atoms with E-state index >= 15 is 0 Å². The fourth-order valence-electron chi connectivity index (χ4n) is 3.31. The normalized spacial score (nSPS) is 32.6. The second-order valence-electron chi connectivity index (χ2n) is 6.94. The number of aliphatic hydroxyl groups is 2. The highest BCUT2D eigenvalue weighted by molar-refractivity contribution is 7.55. The highest BCUT2D eigenvalue weighted by atomic mass is 31.2. The van der Waals surface area contributed by atoms with Crippen LogP contribution in [0.1, 0.15) is 24.3 Å². The Hall–Kier alpha value is -2.28. The first-order chi connectivity index (χ1) is 14.7. The van der Waals surface area contributed by atoms with Crippen molar-refractivity contribution in [3.8, 4) is 0 Å². The van der Waals surface area contributed by atoms with Gasteiger partial charge in [0.25, 0.3) is 0 Å². The molecule has 2 aliphatic heterocycles. The Morgan fingerprint density at radius 3 is 2.71 bits per heavy atom. The van der Waals surface area contributed by atoms with Gasteiger partial charge in [-0.25, -0.2) is 9.36 Å². The fourth-order valence-corrected chi connectivity index (χ4v) is 4.80. The van der Waals surface area contributed by atoms with Crippen LogP contribution in [0, 0.1) is 0 Å². The van der Waals surface area contributed by atoms with Crippen LogP contribution < -0.4 is 10.8 Å². The molecule has 0 amide bonds. The van der Waals surface area contributed by atoms with Crippen molar-refractivity contribution >= 4 is 13.6 Å². The van der Waals surface area contributed by atoms with Crippen LogP contribution in [0.3, 0.4) is 0 Å². The Bertz CT molecular complexity index is 1040. The minimum atomic E-state index is -3.90. The summed E-state index contributed by atoms with van der Waals surface area (Å²) in [6.45, 7) is -0.748. The highest BCUT2D eigenvalue weighted by Gasteiger charge is 2.59. The number of aliphatic hydroxyl groups excluding tert-OH is 2. The summed E-state index contributed by atoms with van der Waals surface area (Å²) in [5.41, 5.74) is -0.420. The molecule has 0 aliphatic carbocycles. The van der Waals surface area contributed by atoms with Crippen LogP contribution in [0.5, 0.6) is 0 Å². The molecule has 0 bridgehead atoms. The average Bonchev–Trinajstić information content (AvgIpc) is 2.97. The van der Waals surface area contributed by atoms with Gasteiger partial charge in [0.2, 0.25) is 6.23 Å². The maximum Gasteiger partial charge on any atom is 0.434 e. The van der Waals surface area contributed by atoms with Gasteiger partial charge in [-0.15, -0.1) is 0 Å². The minimum absolute atomic E-state index is 0.108. The monoisotopic (exact) mass is 460 g/mol. The number of hydrogen-bond acceptors (Lipinski definition) is 9. The van der Waals surface area contributed by atoms with Gasteiger partial charge in [-0.2, -0.15) is 13.8 Å². The second kappa shape index (κ2) is 8.34. The molecule has 2 aliphatic rings. The van der Waals surface area contributed by atoms with Crippen molar-refractivity contribution in [3.63, 3.8) is 0 Å². The van der Waals surface area contributed by atoms with Crippen molar-refractivity contribution in [2.75, 3.05) is 18.3 Å².